The first-order valence-electron chi connectivity index (χ1n) is 6.28. The van der Waals surface area contributed by atoms with E-state index in [4.69, 9.17) is 0 Å². The average molecular weight is 250 g/mol. The maximum atomic E-state index is 2.63. The minimum absolute atomic E-state index is 0. The van der Waals surface area contributed by atoms with Crippen molar-refractivity contribution in [3.8, 4) is 0 Å². The fourth-order valence-electron chi connectivity index (χ4n) is 2.14. The second-order valence-corrected chi connectivity index (χ2v) is 8.84. The lowest BCUT2D eigenvalue weighted by molar-refractivity contribution is 0.185. The van der Waals surface area contributed by atoms with Crippen molar-refractivity contribution in [3.05, 3.63) is 0 Å². The van der Waals surface area contributed by atoms with Gasteiger partial charge < -0.3 is 0 Å². The van der Waals surface area contributed by atoms with E-state index < -0.39 is 0 Å². The van der Waals surface area contributed by atoms with E-state index in [1.165, 1.54) is 22.4 Å². The standard InChI is InChI=1S/C8H18N.2C2H5.Al.ClH/c1-6-9(7(2)3)8(4)5;2*1-2;;/h7-8H,1,6H2,2-5H3;2*1H2,2H3;;1H. The van der Waals surface area contributed by atoms with Gasteiger partial charge >= 0.3 is 0 Å². The van der Waals surface area contributed by atoms with Gasteiger partial charge in [-0.05, 0) is 34.2 Å². The SMILES string of the molecule is C[CH2][Al]([CH2]C)[CH2]CN(C(C)C)C(C)C.Cl. The molecule has 0 amide bonds. The third-order valence-corrected chi connectivity index (χ3v) is 6.66. The molecule has 0 aromatic heterocycles. The first-order chi connectivity index (χ1) is 6.52. The van der Waals surface area contributed by atoms with Crippen molar-refractivity contribution in [1.29, 1.82) is 0 Å². The lowest BCUT2D eigenvalue weighted by Gasteiger charge is -2.31. The Balaban J connectivity index is 0. The van der Waals surface area contributed by atoms with Crippen molar-refractivity contribution >= 4 is 26.6 Å². The van der Waals surface area contributed by atoms with E-state index in [2.05, 4.69) is 46.4 Å². The molecular weight excluding hydrogens is 221 g/mol. The van der Waals surface area contributed by atoms with E-state index in [0.29, 0.717) is 12.1 Å². The van der Waals surface area contributed by atoms with Gasteiger partial charge in [0, 0.05) is 12.1 Å². The predicted octanol–water partition coefficient (Wildman–Crippen LogP) is 4.06. The molecule has 0 atom stereocenters. The Labute approximate surface area is 107 Å². The molecule has 0 heterocycles. The highest BCUT2D eigenvalue weighted by Crippen LogP contribution is 2.10. The van der Waals surface area contributed by atoms with Gasteiger partial charge in [-0.15, -0.1) is 12.4 Å². The van der Waals surface area contributed by atoms with Gasteiger partial charge in [-0.1, -0.05) is 29.7 Å². The van der Waals surface area contributed by atoms with Crippen LogP contribution in [0.2, 0.25) is 15.8 Å². The maximum absolute atomic E-state index is 2.63. The maximum Gasteiger partial charge on any atom is 0.262 e. The van der Waals surface area contributed by atoms with Crippen LogP contribution < -0.4 is 0 Å². The zero-order valence-corrected chi connectivity index (χ0v) is 13.4. The zero-order chi connectivity index (χ0) is 11.1. The molecule has 0 N–H and O–H groups in total. The summed E-state index contributed by atoms with van der Waals surface area (Å²) < 4.78 is 0. The van der Waals surface area contributed by atoms with E-state index in [1.807, 2.05) is 0 Å². The van der Waals surface area contributed by atoms with Gasteiger partial charge in [0.15, 0.2) is 0 Å². The Hall–Kier alpha value is 0.782. The Morgan fingerprint density at radius 3 is 1.60 bits per heavy atom. The number of hydrogen-bond acceptors (Lipinski definition) is 1. The van der Waals surface area contributed by atoms with Gasteiger partial charge in [-0.3, -0.25) is 4.90 Å². The summed E-state index contributed by atoms with van der Waals surface area (Å²) in [4.78, 5) is 2.63. The molecule has 1 nitrogen and oxygen atoms in total. The van der Waals surface area contributed by atoms with Crippen molar-refractivity contribution in [3.63, 3.8) is 0 Å². The molecule has 0 rings (SSSR count). The summed E-state index contributed by atoms with van der Waals surface area (Å²) in [7, 11) is 0. The number of nitrogens with zero attached hydrogens (tertiary/aromatic N) is 1. The highest BCUT2D eigenvalue weighted by molar-refractivity contribution is 6.58. The molecule has 15 heavy (non-hydrogen) atoms. The molecule has 0 aliphatic rings. The Morgan fingerprint density at radius 1 is 0.933 bits per heavy atom. The van der Waals surface area contributed by atoms with Crippen molar-refractivity contribution in [1.82, 2.24) is 4.90 Å². The molecule has 0 radical (unpaired) electrons. The van der Waals surface area contributed by atoms with E-state index in [0.717, 1.165) is 0 Å². The minimum atomic E-state index is -0.372. The monoisotopic (exact) mass is 249 g/mol. The van der Waals surface area contributed by atoms with Crippen LogP contribution >= 0.6 is 12.4 Å². The first-order valence-corrected chi connectivity index (χ1v) is 8.73. The molecule has 0 saturated heterocycles. The van der Waals surface area contributed by atoms with E-state index in [9.17, 15) is 0 Å². The summed E-state index contributed by atoms with van der Waals surface area (Å²) in [5.41, 5.74) is 0. The van der Waals surface area contributed by atoms with Crippen LogP contribution in [0.3, 0.4) is 0 Å². The summed E-state index contributed by atoms with van der Waals surface area (Å²) in [5, 5.41) is 4.45. The van der Waals surface area contributed by atoms with E-state index in [1.54, 1.807) is 0 Å². The molecule has 0 fully saturated rings. The summed E-state index contributed by atoms with van der Waals surface area (Å²) >= 11 is -0.372. The second-order valence-electron chi connectivity index (χ2n) is 4.90. The van der Waals surface area contributed by atoms with E-state index >= 15 is 0 Å². The number of hydrogen-bond donors (Lipinski definition) is 0. The fourth-order valence-corrected chi connectivity index (χ4v) is 4.20. The van der Waals surface area contributed by atoms with Gasteiger partial charge in [-0.2, -0.15) is 0 Å². The summed E-state index contributed by atoms with van der Waals surface area (Å²) in [5.74, 6) is 0. The summed E-state index contributed by atoms with van der Waals surface area (Å²) in [6.07, 6.45) is 0. The van der Waals surface area contributed by atoms with E-state index in [-0.39, 0.29) is 26.6 Å². The van der Waals surface area contributed by atoms with Crippen molar-refractivity contribution in [2.24, 2.45) is 0 Å². The molecule has 92 valence electrons. The van der Waals surface area contributed by atoms with Crippen LogP contribution in [0.15, 0.2) is 0 Å². The van der Waals surface area contributed by atoms with Crippen LogP contribution in [-0.4, -0.2) is 37.7 Å². The Bertz CT molecular complexity index is 128. The minimum Gasteiger partial charge on any atom is -0.300 e. The molecule has 0 aromatic carbocycles. The van der Waals surface area contributed by atoms with Crippen LogP contribution in [-0.2, 0) is 0 Å². The first kappa shape index (κ1) is 18.2. The quantitative estimate of drug-likeness (QED) is 0.615. The van der Waals surface area contributed by atoms with Gasteiger partial charge in [0.25, 0.3) is 14.1 Å². The van der Waals surface area contributed by atoms with Crippen molar-refractivity contribution < 1.29 is 0 Å². The highest BCUT2D eigenvalue weighted by Gasteiger charge is 2.17. The molecule has 0 aliphatic heterocycles. The molecule has 3 heteroatoms. The third kappa shape index (κ3) is 7.64. The van der Waals surface area contributed by atoms with Crippen molar-refractivity contribution in [2.45, 2.75) is 69.5 Å². The normalized spacial score (nSPS) is 11.0. The topological polar surface area (TPSA) is 3.24 Å². The van der Waals surface area contributed by atoms with Crippen LogP contribution in [0.4, 0.5) is 0 Å². The van der Waals surface area contributed by atoms with Gasteiger partial charge in [0.1, 0.15) is 0 Å². The molecule has 0 aromatic rings. The molecule has 0 aliphatic carbocycles. The Morgan fingerprint density at radius 2 is 1.33 bits per heavy atom. The molecule has 0 spiro atoms. The lowest BCUT2D eigenvalue weighted by atomic mass is 10.2. The number of halogens is 1. The van der Waals surface area contributed by atoms with Gasteiger partial charge in [0.2, 0.25) is 0 Å². The lowest BCUT2D eigenvalue weighted by Crippen LogP contribution is -2.38. The van der Waals surface area contributed by atoms with Gasteiger partial charge in [0.05, 0.1) is 0 Å². The Kier molecular flexibility index (Phi) is 12.1. The van der Waals surface area contributed by atoms with Crippen molar-refractivity contribution in [2.75, 3.05) is 6.54 Å². The average Bonchev–Trinajstić information content (AvgIpc) is 2.11. The fraction of sp³-hybridized carbons (Fsp3) is 1.00. The molecular formula is C12H29AlClN. The zero-order valence-electron chi connectivity index (χ0n) is 11.4. The van der Waals surface area contributed by atoms with Crippen LogP contribution in [0.5, 0.6) is 0 Å². The highest BCUT2D eigenvalue weighted by atomic mass is 35.5. The molecule has 0 unspecified atom stereocenters. The smallest absolute Gasteiger partial charge is 0.262 e. The summed E-state index contributed by atoms with van der Waals surface area (Å²) in [6, 6.07) is 1.41. The summed E-state index contributed by atoms with van der Waals surface area (Å²) in [6.45, 7) is 15.3. The van der Waals surface area contributed by atoms with Crippen LogP contribution in [0.1, 0.15) is 41.5 Å². The second kappa shape index (κ2) is 9.97. The largest absolute Gasteiger partial charge is 0.300 e. The number of rotatable bonds is 7. The van der Waals surface area contributed by atoms with Gasteiger partial charge in [-0.25, -0.2) is 0 Å². The van der Waals surface area contributed by atoms with Crippen LogP contribution in [0, 0.1) is 0 Å². The third-order valence-electron chi connectivity index (χ3n) is 3.28. The predicted molar refractivity (Wildman–Crippen MR) is 75.7 cm³/mol. The van der Waals surface area contributed by atoms with Crippen LogP contribution in [0.25, 0.3) is 0 Å². The molecule has 0 bridgehead atoms. The molecule has 0 saturated carbocycles.